The molecule has 0 atom stereocenters. The van der Waals surface area contributed by atoms with Crippen molar-refractivity contribution in [2.24, 2.45) is 11.8 Å². The molecule has 0 heterocycles. The number of hydrogen-bond acceptors (Lipinski definition) is 0. The van der Waals surface area contributed by atoms with Crippen molar-refractivity contribution >= 4 is 0 Å². The van der Waals surface area contributed by atoms with E-state index in [9.17, 15) is 4.39 Å². The third kappa shape index (κ3) is 5.87. The molecule has 0 amide bonds. The normalized spacial score (nSPS) is 21.2. The van der Waals surface area contributed by atoms with E-state index in [1.165, 1.54) is 32.1 Å². The molecule has 0 nitrogen and oxygen atoms in total. The fourth-order valence-electron chi connectivity index (χ4n) is 3.29. The first kappa shape index (κ1) is 17.8. The molecule has 1 aromatic rings. The Morgan fingerprint density at radius 2 is 1.96 bits per heavy atom. The van der Waals surface area contributed by atoms with Crippen LogP contribution in [0, 0.1) is 29.5 Å². The first-order chi connectivity index (χ1) is 11.2. The number of allylic oxidation sites excluding steroid dienone is 2. The zero-order valence-electron chi connectivity index (χ0n) is 14.6. The smallest absolute Gasteiger partial charge is 0.139 e. The van der Waals surface area contributed by atoms with Gasteiger partial charge in [0.15, 0.2) is 0 Å². The molecule has 0 N–H and O–H groups in total. The van der Waals surface area contributed by atoms with Crippen LogP contribution in [0.1, 0.15) is 69.9 Å². The van der Waals surface area contributed by atoms with Gasteiger partial charge in [0, 0.05) is 0 Å². The number of halogens is 1. The van der Waals surface area contributed by atoms with E-state index in [4.69, 9.17) is 0 Å². The molecule has 1 saturated carbocycles. The van der Waals surface area contributed by atoms with Crippen LogP contribution in [0.3, 0.4) is 0 Å². The number of hydrogen-bond donors (Lipinski definition) is 0. The number of aryl methyl sites for hydroxylation is 1. The van der Waals surface area contributed by atoms with Gasteiger partial charge in [0.1, 0.15) is 5.82 Å². The summed E-state index contributed by atoms with van der Waals surface area (Å²) in [5.41, 5.74) is 1.57. The van der Waals surface area contributed by atoms with Crippen molar-refractivity contribution in [3.05, 3.63) is 47.3 Å². The van der Waals surface area contributed by atoms with Crippen LogP contribution in [0.4, 0.5) is 4.39 Å². The van der Waals surface area contributed by atoms with Crippen molar-refractivity contribution < 1.29 is 4.39 Å². The van der Waals surface area contributed by atoms with Crippen LogP contribution in [-0.4, -0.2) is 0 Å². The summed E-state index contributed by atoms with van der Waals surface area (Å²) in [5.74, 6) is 7.34. The Morgan fingerprint density at radius 1 is 1.17 bits per heavy atom. The second-order valence-electron chi connectivity index (χ2n) is 6.74. The molecule has 1 fully saturated rings. The third-order valence-corrected chi connectivity index (χ3v) is 4.98. The predicted octanol–water partition coefficient (Wildman–Crippen LogP) is 6.29. The molecule has 0 radical (unpaired) electrons. The van der Waals surface area contributed by atoms with Gasteiger partial charge in [0.2, 0.25) is 0 Å². The molecule has 1 heteroatoms. The van der Waals surface area contributed by atoms with E-state index in [-0.39, 0.29) is 5.82 Å². The second kappa shape index (κ2) is 9.56. The molecule has 0 aliphatic heterocycles. The Balaban J connectivity index is 1.88. The molecule has 1 aromatic carbocycles. The van der Waals surface area contributed by atoms with E-state index in [0.717, 1.165) is 30.7 Å². The summed E-state index contributed by atoms with van der Waals surface area (Å²) in [7, 11) is 0. The van der Waals surface area contributed by atoms with Crippen LogP contribution in [-0.2, 0) is 6.42 Å². The minimum Gasteiger partial charge on any atom is -0.206 e. The largest absolute Gasteiger partial charge is 0.206 e. The minimum absolute atomic E-state index is 0.192. The number of rotatable bonds is 5. The number of benzene rings is 1. The summed E-state index contributed by atoms with van der Waals surface area (Å²) in [6.45, 7) is 4.44. The Labute approximate surface area is 141 Å². The molecule has 0 saturated heterocycles. The van der Waals surface area contributed by atoms with Gasteiger partial charge in [0.25, 0.3) is 0 Å². The van der Waals surface area contributed by atoms with Gasteiger partial charge < -0.3 is 0 Å². The highest BCUT2D eigenvalue weighted by Crippen LogP contribution is 2.31. The standard InChI is InChI=1S/C22H29F/c1-3-5-8-20-15-16-21(22(23)17-20)10-7-6-9-19-13-11-18(4-2)12-14-19/h6,9,15-19H,3-5,8,11-14H2,1-2H3/b9-6+. The van der Waals surface area contributed by atoms with Crippen molar-refractivity contribution in [3.8, 4) is 11.8 Å². The first-order valence-electron chi connectivity index (χ1n) is 9.19. The van der Waals surface area contributed by atoms with Gasteiger partial charge in [-0.1, -0.05) is 50.7 Å². The van der Waals surface area contributed by atoms with Gasteiger partial charge in [-0.15, -0.1) is 0 Å². The van der Waals surface area contributed by atoms with E-state index in [1.54, 1.807) is 6.07 Å². The highest BCUT2D eigenvalue weighted by molar-refractivity contribution is 5.39. The lowest BCUT2D eigenvalue weighted by Gasteiger charge is -2.25. The molecule has 0 unspecified atom stereocenters. The van der Waals surface area contributed by atoms with Crippen LogP contribution in [0.2, 0.25) is 0 Å². The van der Waals surface area contributed by atoms with Crippen molar-refractivity contribution in [3.63, 3.8) is 0 Å². The first-order valence-corrected chi connectivity index (χ1v) is 9.19. The Morgan fingerprint density at radius 3 is 2.61 bits per heavy atom. The summed E-state index contributed by atoms with van der Waals surface area (Å²) < 4.78 is 14.0. The topological polar surface area (TPSA) is 0 Å². The molecular weight excluding hydrogens is 283 g/mol. The van der Waals surface area contributed by atoms with Crippen molar-refractivity contribution in [1.29, 1.82) is 0 Å². The van der Waals surface area contributed by atoms with E-state index < -0.39 is 0 Å². The van der Waals surface area contributed by atoms with Crippen LogP contribution in [0.5, 0.6) is 0 Å². The fourth-order valence-corrected chi connectivity index (χ4v) is 3.29. The van der Waals surface area contributed by atoms with E-state index in [2.05, 4.69) is 31.8 Å². The minimum atomic E-state index is -0.192. The highest BCUT2D eigenvalue weighted by Gasteiger charge is 2.17. The molecule has 124 valence electrons. The van der Waals surface area contributed by atoms with E-state index in [1.807, 2.05) is 18.2 Å². The Kier molecular flexibility index (Phi) is 7.40. The second-order valence-corrected chi connectivity index (χ2v) is 6.74. The van der Waals surface area contributed by atoms with Gasteiger partial charge in [-0.3, -0.25) is 0 Å². The van der Waals surface area contributed by atoms with Crippen LogP contribution in [0.15, 0.2) is 30.4 Å². The average Bonchev–Trinajstić information content (AvgIpc) is 2.58. The zero-order chi connectivity index (χ0) is 16.5. The van der Waals surface area contributed by atoms with Crippen LogP contribution < -0.4 is 0 Å². The molecule has 0 aromatic heterocycles. The zero-order valence-corrected chi connectivity index (χ0v) is 14.6. The Bertz CT molecular complexity index is 565. The maximum Gasteiger partial charge on any atom is 0.139 e. The molecule has 23 heavy (non-hydrogen) atoms. The number of unbranched alkanes of at least 4 members (excludes halogenated alkanes) is 1. The van der Waals surface area contributed by atoms with Gasteiger partial charge in [-0.05, 0) is 74.1 Å². The quantitative estimate of drug-likeness (QED) is 0.560. The maximum absolute atomic E-state index is 14.0. The Hall–Kier alpha value is -1.55. The molecule has 0 spiro atoms. The maximum atomic E-state index is 14.0. The lowest BCUT2D eigenvalue weighted by Crippen LogP contribution is -2.11. The van der Waals surface area contributed by atoms with Crippen LogP contribution in [0.25, 0.3) is 0 Å². The molecule has 2 rings (SSSR count). The summed E-state index contributed by atoms with van der Waals surface area (Å²) in [4.78, 5) is 0. The molecule has 0 bridgehead atoms. The predicted molar refractivity (Wildman–Crippen MR) is 96.8 cm³/mol. The lowest BCUT2D eigenvalue weighted by atomic mass is 9.81. The summed E-state index contributed by atoms with van der Waals surface area (Å²) in [5, 5.41) is 0. The van der Waals surface area contributed by atoms with Gasteiger partial charge in [0.05, 0.1) is 5.56 Å². The highest BCUT2D eigenvalue weighted by atomic mass is 19.1. The summed E-state index contributed by atoms with van der Waals surface area (Å²) >= 11 is 0. The van der Waals surface area contributed by atoms with Gasteiger partial charge in [-0.25, -0.2) is 4.39 Å². The van der Waals surface area contributed by atoms with Gasteiger partial charge in [-0.2, -0.15) is 0 Å². The monoisotopic (exact) mass is 312 g/mol. The van der Waals surface area contributed by atoms with E-state index >= 15 is 0 Å². The molecule has 1 aliphatic carbocycles. The molecular formula is C22H29F. The third-order valence-electron chi connectivity index (χ3n) is 4.98. The van der Waals surface area contributed by atoms with Crippen molar-refractivity contribution in [2.75, 3.05) is 0 Å². The average molecular weight is 312 g/mol. The van der Waals surface area contributed by atoms with Gasteiger partial charge >= 0.3 is 0 Å². The van der Waals surface area contributed by atoms with E-state index in [0.29, 0.717) is 11.5 Å². The summed E-state index contributed by atoms with van der Waals surface area (Å²) in [6, 6.07) is 5.45. The molecule has 1 aliphatic rings. The van der Waals surface area contributed by atoms with Crippen LogP contribution >= 0.6 is 0 Å². The SMILES string of the molecule is CCCCc1ccc(C#C/C=C/C2CCC(CC)CC2)c(F)c1. The fraction of sp³-hybridized carbons (Fsp3) is 0.545. The summed E-state index contributed by atoms with van der Waals surface area (Å²) in [6.07, 6.45) is 13.9. The van der Waals surface area contributed by atoms with Crippen molar-refractivity contribution in [1.82, 2.24) is 0 Å². The van der Waals surface area contributed by atoms with Crippen molar-refractivity contribution in [2.45, 2.75) is 65.2 Å². The lowest BCUT2D eigenvalue weighted by molar-refractivity contribution is 0.304.